The first-order valence-corrected chi connectivity index (χ1v) is 12.6. The molecule has 0 aliphatic rings. The summed E-state index contributed by atoms with van der Waals surface area (Å²) in [6.45, 7) is -0.516. The maximum Gasteiger partial charge on any atom is 0.413 e. The minimum Gasteiger partial charge on any atom is -0.453 e. The van der Waals surface area contributed by atoms with E-state index in [-0.39, 0.29) is 12.0 Å². The summed E-state index contributed by atoms with van der Waals surface area (Å²) < 4.78 is 59.1. The number of ether oxygens (including phenoxy) is 2. The van der Waals surface area contributed by atoms with Crippen LogP contribution in [0.4, 0.5) is 24.3 Å². The van der Waals surface area contributed by atoms with Gasteiger partial charge in [0.25, 0.3) is 0 Å². The number of fused-ring (bicyclic) bond motifs is 1. The van der Waals surface area contributed by atoms with Crippen LogP contribution in [0.3, 0.4) is 0 Å². The van der Waals surface area contributed by atoms with E-state index in [0.717, 1.165) is 32.0 Å². The number of carbonyl (C=O) groups excluding carboxylic acids is 2. The molecule has 12 nitrogen and oxygen atoms in total. The molecule has 0 aliphatic heterocycles. The number of methoxy groups -OCH3 is 1. The van der Waals surface area contributed by atoms with E-state index in [4.69, 9.17) is 5.26 Å². The van der Waals surface area contributed by atoms with Crippen LogP contribution >= 0.6 is 0 Å². The Bertz CT molecular complexity index is 1420. The van der Waals surface area contributed by atoms with E-state index in [1.54, 1.807) is 12.1 Å². The number of aromatic nitrogens is 2. The van der Waals surface area contributed by atoms with Crippen molar-refractivity contribution in [3.05, 3.63) is 48.0 Å². The molecule has 0 saturated carbocycles. The molecule has 0 atom stereocenters. The molecule has 2 aromatic carbocycles. The molecule has 0 spiro atoms. The number of para-hydroxylation sites is 2. The van der Waals surface area contributed by atoms with Crippen molar-refractivity contribution >= 4 is 39.1 Å². The second kappa shape index (κ2) is 13.9. The molecule has 3 N–H and O–H groups in total. The summed E-state index contributed by atoms with van der Waals surface area (Å²) in [5.74, 6) is -0.337. The van der Waals surface area contributed by atoms with Crippen LogP contribution in [-0.2, 0) is 14.8 Å². The van der Waals surface area contributed by atoms with Crippen molar-refractivity contribution in [2.24, 2.45) is 0 Å². The summed E-state index contributed by atoms with van der Waals surface area (Å²) in [7, 11) is -1.49. The number of rotatable bonds is 8. The fourth-order valence-electron chi connectivity index (χ4n) is 3.06. The SMILES string of the molecule is CCCCNC(=O)n1c(NC(=O)OC)nc2ccccc21.CNS(=O)(=O)c1cccc(OC(F)F)c1C#N. The average Bonchev–Trinajstić information content (AvgIpc) is 3.26. The molecule has 15 heteroatoms. The number of nitrogens with zero attached hydrogens (tertiary/aromatic N) is 3. The lowest BCUT2D eigenvalue weighted by molar-refractivity contribution is -0.0502. The Hall–Kier alpha value is -4.29. The molecule has 0 aliphatic carbocycles. The number of benzene rings is 2. The standard InChI is InChI=1S/C14H18N4O3.C9H8F2N2O3S/c1-3-4-9-15-13(19)18-11-8-6-5-7-10(11)16-12(18)17-14(20)21-2;1-13-17(14,15)8-4-2-3-7(6(8)5-12)16-9(10)11/h5-8H,3-4,9H2,1-2H3,(H,15,19)(H,16,17,20);2-4,9,13H,1H3. The molecular formula is C23H26F2N6O6S. The highest BCUT2D eigenvalue weighted by atomic mass is 32.2. The zero-order chi connectivity index (χ0) is 28.3. The van der Waals surface area contributed by atoms with Crippen LogP contribution in [0.15, 0.2) is 47.4 Å². The highest BCUT2D eigenvalue weighted by Gasteiger charge is 2.21. The predicted octanol–water partition coefficient (Wildman–Crippen LogP) is 3.64. The van der Waals surface area contributed by atoms with Crippen molar-refractivity contribution in [1.29, 1.82) is 5.26 Å². The summed E-state index contributed by atoms with van der Waals surface area (Å²) in [5.41, 5.74) is 0.787. The quantitative estimate of drug-likeness (QED) is 0.357. The number of hydrogen-bond donors (Lipinski definition) is 3. The van der Waals surface area contributed by atoms with E-state index in [2.05, 4.69) is 25.1 Å². The maximum absolute atomic E-state index is 12.3. The number of unbranched alkanes of at least 4 members (excludes halogenated alkanes) is 1. The number of sulfonamides is 1. The zero-order valence-corrected chi connectivity index (χ0v) is 21.5. The van der Waals surface area contributed by atoms with Crippen LogP contribution in [0, 0.1) is 11.3 Å². The summed E-state index contributed by atoms with van der Waals surface area (Å²) in [4.78, 5) is 27.5. The highest BCUT2D eigenvalue weighted by Crippen LogP contribution is 2.26. The number of amides is 2. The molecular weight excluding hydrogens is 526 g/mol. The van der Waals surface area contributed by atoms with Gasteiger partial charge in [0.15, 0.2) is 0 Å². The van der Waals surface area contributed by atoms with Crippen molar-refractivity contribution in [2.75, 3.05) is 26.0 Å². The van der Waals surface area contributed by atoms with Gasteiger partial charge in [-0.15, -0.1) is 0 Å². The molecule has 0 unspecified atom stereocenters. The third-order valence-electron chi connectivity index (χ3n) is 4.84. The van der Waals surface area contributed by atoms with E-state index in [9.17, 15) is 26.8 Å². The van der Waals surface area contributed by atoms with Gasteiger partial charge in [-0.2, -0.15) is 14.0 Å². The van der Waals surface area contributed by atoms with E-state index in [0.29, 0.717) is 17.6 Å². The van der Waals surface area contributed by atoms with Crippen molar-refractivity contribution in [3.63, 3.8) is 0 Å². The number of nitrogens with one attached hydrogen (secondary N) is 3. The molecule has 0 bridgehead atoms. The van der Waals surface area contributed by atoms with E-state index < -0.39 is 38.9 Å². The Morgan fingerprint density at radius 1 is 1.18 bits per heavy atom. The number of carbonyl (C=O) groups is 2. The third kappa shape index (κ3) is 7.60. The largest absolute Gasteiger partial charge is 0.453 e. The molecule has 204 valence electrons. The van der Waals surface area contributed by atoms with Crippen LogP contribution in [0.5, 0.6) is 5.75 Å². The zero-order valence-electron chi connectivity index (χ0n) is 20.7. The number of hydrogen-bond acceptors (Lipinski definition) is 8. The van der Waals surface area contributed by atoms with Crippen molar-refractivity contribution in [1.82, 2.24) is 19.6 Å². The number of imidazole rings is 1. The molecule has 3 rings (SSSR count). The minimum atomic E-state index is -3.90. The average molecular weight is 553 g/mol. The Balaban J connectivity index is 0.000000273. The van der Waals surface area contributed by atoms with Gasteiger partial charge in [-0.1, -0.05) is 31.5 Å². The van der Waals surface area contributed by atoms with Gasteiger partial charge in [-0.25, -0.2) is 32.3 Å². The second-order valence-corrected chi connectivity index (χ2v) is 9.14. The summed E-state index contributed by atoms with van der Waals surface area (Å²) >= 11 is 0. The first-order chi connectivity index (χ1) is 18.1. The maximum atomic E-state index is 12.3. The lowest BCUT2D eigenvalue weighted by Gasteiger charge is -2.09. The van der Waals surface area contributed by atoms with Crippen LogP contribution < -0.4 is 20.1 Å². The van der Waals surface area contributed by atoms with Crippen LogP contribution in [0.2, 0.25) is 0 Å². The van der Waals surface area contributed by atoms with Gasteiger partial charge < -0.3 is 14.8 Å². The van der Waals surface area contributed by atoms with E-state index in [1.165, 1.54) is 23.8 Å². The van der Waals surface area contributed by atoms with Gasteiger partial charge in [0, 0.05) is 6.54 Å². The molecule has 2 amide bonds. The van der Waals surface area contributed by atoms with Gasteiger partial charge in [-0.05, 0) is 37.7 Å². The number of halogens is 2. The molecule has 0 radical (unpaired) electrons. The number of alkyl halides is 2. The Kier molecular flexibility index (Phi) is 10.9. The first kappa shape index (κ1) is 29.9. The van der Waals surface area contributed by atoms with Crippen LogP contribution in [0.25, 0.3) is 11.0 Å². The normalized spacial score (nSPS) is 10.8. The van der Waals surface area contributed by atoms with Crippen molar-refractivity contribution in [3.8, 4) is 11.8 Å². The van der Waals surface area contributed by atoms with Crippen LogP contribution in [0.1, 0.15) is 25.3 Å². The lowest BCUT2D eigenvalue weighted by Crippen LogP contribution is -2.31. The molecule has 0 fully saturated rings. The summed E-state index contributed by atoms with van der Waals surface area (Å²) in [6.07, 6.45) is 1.20. The molecule has 3 aromatic rings. The molecule has 1 aromatic heterocycles. The fourth-order valence-corrected chi connectivity index (χ4v) is 3.95. The van der Waals surface area contributed by atoms with Gasteiger partial charge in [0.1, 0.15) is 22.3 Å². The van der Waals surface area contributed by atoms with Crippen molar-refractivity contribution in [2.45, 2.75) is 31.3 Å². The first-order valence-electron chi connectivity index (χ1n) is 11.1. The summed E-state index contributed by atoms with van der Waals surface area (Å²) in [5, 5.41) is 14.1. The number of anilines is 1. The third-order valence-corrected chi connectivity index (χ3v) is 6.30. The summed E-state index contributed by atoms with van der Waals surface area (Å²) in [6, 6.07) is 11.8. The molecule has 1 heterocycles. The van der Waals surface area contributed by atoms with E-state index >= 15 is 0 Å². The lowest BCUT2D eigenvalue weighted by atomic mass is 10.2. The van der Waals surface area contributed by atoms with Gasteiger partial charge >= 0.3 is 18.7 Å². The predicted molar refractivity (Wildman–Crippen MR) is 133 cm³/mol. The van der Waals surface area contributed by atoms with Gasteiger partial charge in [-0.3, -0.25) is 5.32 Å². The molecule has 38 heavy (non-hydrogen) atoms. The van der Waals surface area contributed by atoms with Crippen molar-refractivity contribution < 1.29 is 36.3 Å². The number of nitriles is 1. The van der Waals surface area contributed by atoms with Gasteiger partial charge in [0.05, 0.1) is 18.1 Å². The monoisotopic (exact) mass is 552 g/mol. The Labute approximate surface area is 217 Å². The second-order valence-electron chi connectivity index (χ2n) is 7.29. The highest BCUT2D eigenvalue weighted by molar-refractivity contribution is 7.89. The smallest absolute Gasteiger partial charge is 0.413 e. The topological polar surface area (TPSA) is 164 Å². The minimum absolute atomic E-state index is 0.136. The van der Waals surface area contributed by atoms with Crippen LogP contribution in [-0.4, -0.2) is 57.4 Å². The Morgan fingerprint density at radius 3 is 2.50 bits per heavy atom. The Morgan fingerprint density at radius 2 is 1.89 bits per heavy atom. The molecule has 0 saturated heterocycles. The fraction of sp³-hybridized carbons (Fsp3) is 0.304. The van der Waals surface area contributed by atoms with E-state index in [1.807, 2.05) is 23.8 Å². The van der Waals surface area contributed by atoms with Gasteiger partial charge in [0.2, 0.25) is 16.0 Å².